The van der Waals surface area contributed by atoms with Gasteiger partial charge in [0.1, 0.15) is 11.4 Å². The molecule has 0 aliphatic carbocycles. The third kappa shape index (κ3) is 4.14. The van der Waals surface area contributed by atoms with Gasteiger partial charge in [0.05, 0.1) is 5.69 Å². The molecular formula is C24H23N3O2. The number of nitrogens with one attached hydrogen (secondary N) is 1. The fourth-order valence-corrected chi connectivity index (χ4v) is 3.13. The van der Waals surface area contributed by atoms with Crippen LogP contribution in [0.1, 0.15) is 18.1 Å². The predicted molar refractivity (Wildman–Crippen MR) is 115 cm³/mol. The molecule has 146 valence electrons. The molecular weight excluding hydrogens is 362 g/mol. The van der Waals surface area contributed by atoms with Gasteiger partial charge in [-0.3, -0.25) is 4.79 Å². The van der Waals surface area contributed by atoms with Gasteiger partial charge in [0.25, 0.3) is 5.91 Å². The van der Waals surface area contributed by atoms with Gasteiger partial charge in [0, 0.05) is 23.6 Å². The number of ether oxygens (including phenoxy) is 1. The number of pyridine rings is 1. The average Bonchev–Trinajstić information content (AvgIpc) is 3.13. The average molecular weight is 385 g/mol. The Morgan fingerprint density at radius 1 is 1.07 bits per heavy atom. The lowest BCUT2D eigenvalue weighted by Crippen LogP contribution is -2.30. The van der Waals surface area contributed by atoms with E-state index in [0.717, 1.165) is 28.2 Å². The van der Waals surface area contributed by atoms with Gasteiger partial charge in [-0.2, -0.15) is 0 Å². The van der Waals surface area contributed by atoms with Crippen LogP contribution in [0, 0.1) is 13.8 Å². The van der Waals surface area contributed by atoms with Crippen molar-refractivity contribution in [2.45, 2.75) is 26.9 Å². The summed E-state index contributed by atoms with van der Waals surface area (Å²) in [6.07, 6.45) is 3.38. The molecule has 29 heavy (non-hydrogen) atoms. The SMILES string of the molecule is Cc1ccn2cc(-c3ccc(C)c(NC(=O)C(C)Oc4ccccc4)c3)nc2c1. The van der Waals surface area contributed by atoms with Crippen molar-refractivity contribution >= 4 is 17.2 Å². The second kappa shape index (κ2) is 7.80. The summed E-state index contributed by atoms with van der Waals surface area (Å²) < 4.78 is 7.72. The number of para-hydroxylation sites is 1. The van der Waals surface area contributed by atoms with Crippen molar-refractivity contribution in [3.05, 3.63) is 84.2 Å². The summed E-state index contributed by atoms with van der Waals surface area (Å²) in [4.78, 5) is 17.3. The number of hydrogen-bond donors (Lipinski definition) is 1. The molecule has 2 aromatic carbocycles. The fourth-order valence-electron chi connectivity index (χ4n) is 3.13. The lowest BCUT2D eigenvalue weighted by Gasteiger charge is -2.16. The Labute approximate surface area is 170 Å². The second-order valence-electron chi connectivity index (χ2n) is 7.19. The molecule has 0 saturated heterocycles. The molecule has 4 aromatic rings. The van der Waals surface area contributed by atoms with E-state index in [9.17, 15) is 4.79 Å². The van der Waals surface area contributed by atoms with Gasteiger partial charge in [-0.25, -0.2) is 4.98 Å². The smallest absolute Gasteiger partial charge is 0.265 e. The summed E-state index contributed by atoms with van der Waals surface area (Å²) in [5, 5.41) is 2.98. The van der Waals surface area contributed by atoms with Crippen molar-refractivity contribution in [1.82, 2.24) is 9.38 Å². The van der Waals surface area contributed by atoms with E-state index in [1.807, 2.05) is 91.3 Å². The van der Waals surface area contributed by atoms with Gasteiger partial charge < -0.3 is 14.5 Å². The lowest BCUT2D eigenvalue weighted by atomic mass is 10.1. The summed E-state index contributed by atoms with van der Waals surface area (Å²) >= 11 is 0. The molecule has 1 unspecified atom stereocenters. The van der Waals surface area contributed by atoms with Gasteiger partial charge in [0.2, 0.25) is 0 Å². The summed E-state index contributed by atoms with van der Waals surface area (Å²) in [5.74, 6) is 0.473. The summed E-state index contributed by atoms with van der Waals surface area (Å²) in [6.45, 7) is 5.76. The molecule has 0 radical (unpaired) electrons. The Balaban J connectivity index is 1.55. The number of benzene rings is 2. The molecule has 1 atom stereocenters. The highest BCUT2D eigenvalue weighted by Gasteiger charge is 2.16. The Bertz CT molecular complexity index is 1170. The van der Waals surface area contributed by atoms with Crippen LogP contribution in [0.4, 0.5) is 5.69 Å². The van der Waals surface area contributed by atoms with Crippen LogP contribution in [0.15, 0.2) is 73.1 Å². The van der Waals surface area contributed by atoms with Crippen LogP contribution in [0.2, 0.25) is 0 Å². The number of amides is 1. The van der Waals surface area contributed by atoms with E-state index in [4.69, 9.17) is 9.72 Å². The largest absolute Gasteiger partial charge is 0.481 e. The minimum Gasteiger partial charge on any atom is -0.481 e. The first kappa shape index (κ1) is 18.7. The molecule has 0 bridgehead atoms. The van der Waals surface area contributed by atoms with Gasteiger partial charge in [0.15, 0.2) is 6.10 Å². The van der Waals surface area contributed by atoms with Crippen LogP contribution in [-0.2, 0) is 4.79 Å². The van der Waals surface area contributed by atoms with Gasteiger partial charge in [-0.1, -0.05) is 30.3 Å². The zero-order chi connectivity index (χ0) is 20.4. The number of imidazole rings is 1. The molecule has 2 aromatic heterocycles. The standard InChI is InChI=1S/C24H23N3O2/c1-16-11-12-27-15-22(25-23(27)13-16)19-10-9-17(2)21(14-19)26-24(28)18(3)29-20-7-5-4-6-8-20/h4-15,18H,1-3H3,(H,26,28). The first-order valence-electron chi connectivity index (χ1n) is 9.58. The van der Waals surface area contributed by atoms with Crippen molar-refractivity contribution in [1.29, 1.82) is 0 Å². The van der Waals surface area contributed by atoms with E-state index in [1.165, 1.54) is 5.56 Å². The Kier molecular flexibility index (Phi) is 5.04. The molecule has 5 nitrogen and oxygen atoms in total. The van der Waals surface area contributed by atoms with Crippen molar-refractivity contribution in [3.8, 4) is 17.0 Å². The molecule has 0 aliphatic heterocycles. The van der Waals surface area contributed by atoms with E-state index >= 15 is 0 Å². The van der Waals surface area contributed by atoms with Crippen molar-refractivity contribution in [2.75, 3.05) is 5.32 Å². The molecule has 5 heteroatoms. The van der Waals surface area contributed by atoms with E-state index in [1.54, 1.807) is 6.92 Å². The number of aromatic nitrogens is 2. The normalized spacial score (nSPS) is 12.0. The van der Waals surface area contributed by atoms with Crippen LogP contribution in [0.3, 0.4) is 0 Å². The van der Waals surface area contributed by atoms with Gasteiger partial charge in [-0.05, 0) is 62.2 Å². The quantitative estimate of drug-likeness (QED) is 0.525. The van der Waals surface area contributed by atoms with Crippen LogP contribution < -0.4 is 10.1 Å². The van der Waals surface area contributed by atoms with Gasteiger partial charge >= 0.3 is 0 Å². The van der Waals surface area contributed by atoms with E-state index in [2.05, 4.69) is 5.32 Å². The highest BCUT2D eigenvalue weighted by Crippen LogP contribution is 2.26. The maximum atomic E-state index is 12.6. The third-order valence-corrected chi connectivity index (χ3v) is 4.83. The Morgan fingerprint density at radius 3 is 2.66 bits per heavy atom. The second-order valence-corrected chi connectivity index (χ2v) is 7.19. The lowest BCUT2D eigenvalue weighted by molar-refractivity contribution is -0.122. The maximum Gasteiger partial charge on any atom is 0.265 e. The number of nitrogens with zero attached hydrogens (tertiary/aromatic N) is 2. The zero-order valence-electron chi connectivity index (χ0n) is 16.7. The van der Waals surface area contributed by atoms with Crippen LogP contribution >= 0.6 is 0 Å². The summed E-state index contributed by atoms with van der Waals surface area (Å²) in [7, 11) is 0. The number of anilines is 1. The van der Waals surface area contributed by atoms with Crippen molar-refractivity contribution in [3.63, 3.8) is 0 Å². The number of aryl methyl sites for hydroxylation is 2. The number of rotatable bonds is 5. The number of hydrogen-bond acceptors (Lipinski definition) is 3. The molecule has 0 aliphatic rings. The summed E-state index contributed by atoms with van der Waals surface area (Å²) in [5.41, 5.74) is 5.61. The molecule has 0 saturated carbocycles. The topological polar surface area (TPSA) is 55.6 Å². The monoisotopic (exact) mass is 385 g/mol. The molecule has 4 rings (SSSR count). The molecule has 1 amide bonds. The summed E-state index contributed by atoms with van der Waals surface area (Å²) in [6, 6.07) is 19.4. The third-order valence-electron chi connectivity index (χ3n) is 4.83. The minimum absolute atomic E-state index is 0.195. The van der Waals surface area contributed by atoms with E-state index in [-0.39, 0.29) is 5.91 Å². The van der Waals surface area contributed by atoms with E-state index in [0.29, 0.717) is 5.75 Å². The maximum absolute atomic E-state index is 12.6. The van der Waals surface area contributed by atoms with Crippen LogP contribution in [0.5, 0.6) is 5.75 Å². The van der Waals surface area contributed by atoms with Crippen molar-refractivity contribution in [2.24, 2.45) is 0 Å². The first-order valence-corrected chi connectivity index (χ1v) is 9.58. The highest BCUT2D eigenvalue weighted by molar-refractivity contribution is 5.95. The van der Waals surface area contributed by atoms with Crippen molar-refractivity contribution < 1.29 is 9.53 Å². The minimum atomic E-state index is -0.612. The van der Waals surface area contributed by atoms with E-state index < -0.39 is 6.10 Å². The zero-order valence-corrected chi connectivity index (χ0v) is 16.7. The molecule has 2 heterocycles. The molecule has 0 fully saturated rings. The number of fused-ring (bicyclic) bond motifs is 1. The fraction of sp³-hybridized carbons (Fsp3) is 0.167. The first-order chi connectivity index (χ1) is 14.0. The number of carbonyl (C=O) groups is 1. The predicted octanol–water partition coefficient (Wildman–Crippen LogP) is 5.02. The molecule has 0 spiro atoms. The Morgan fingerprint density at radius 2 is 1.86 bits per heavy atom. The van der Waals surface area contributed by atoms with Gasteiger partial charge in [-0.15, -0.1) is 0 Å². The van der Waals surface area contributed by atoms with Crippen LogP contribution in [0.25, 0.3) is 16.9 Å². The molecule has 1 N–H and O–H groups in total. The van der Waals surface area contributed by atoms with Crippen LogP contribution in [-0.4, -0.2) is 21.4 Å². The highest BCUT2D eigenvalue weighted by atomic mass is 16.5. The Hall–Kier alpha value is -3.60. The number of carbonyl (C=O) groups excluding carboxylic acids is 1.